The molecule has 14 atom stereocenters. The van der Waals surface area contributed by atoms with Gasteiger partial charge in [-0.1, -0.05) is 101 Å². The lowest BCUT2D eigenvalue weighted by atomic mass is 9.79. The van der Waals surface area contributed by atoms with Gasteiger partial charge in [0.05, 0.1) is 85.4 Å². The second-order valence-corrected chi connectivity index (χ2v) is 37.7. The predicted octanol–water partition coefficient (Wildman–Crippen LogP) is 11.8. The van der Waals surface area contributed by atoms with E-state index in [0.717, 1.165) is 47.2 Å². The number of pyridine rings is 2. The lowest BCUT2D eigenvalue weighted by Crippen LogP contribution is -2.48. The topological polar surface area (TPSA) is 317 Å². The van der Waals surface area contributed by atoms with Gasteiger partial charge in [0.15, 0.2) is 11.6 Å². The third kappa shape index (κ3) is 19.4. The van der Waals surface area contributed by atoms with Crippen LogP contribution in [0.3, 0.4) is 0 Å². The molecule has 6 fully saturated rings. The highest BCUT2D eigenvalue weighted by Crippen LogP contribution is 2.59. The average molecular weight is 1530 g/mol. The Bertz CT molecular complexity index is 4080. The van der Waals surface area contributed by atoms with Gasteiger partial charge in [-0.15, -0.1) is 0 Å². The zero-order chi connectivity index (χ0) is 78.0. The number of hydrogen-bond donors (Lipinski definition) is 2. The maximum Gasteiger partial charge on any atom is 0.307 e. The summed E-state index contributed by atoms with van der Waals surface area (Å²) in [6.07, 6.45) is 14.6. The van der Waals surface area contributed by atoms with Gasteiger partial charge in [-0.3, -0.25) is 47.8 Å². The van der Waals surface area contributed by atoms with E-state index in [1.807, 2.05) is 86.7 Å². The van der Waals surface area contributed by atoms with Crippen LogP contribution in [0.1, 0.15) is 198 Å². The summed E-state index contributed by atoms with van der Waals surface area (Å²) in [7, 11) is -4.67. The van der Waals surface area contributed by atoms with Crippen molar-refractivity contribution in [2.45, 2.75) is 244 Å². The van der Waals surface area contributed by atoms with Crippen LogP contribution >= 0.6 is 0 Å². The van der Waals surface area contributed by atoms with Crippen LogP contribution in [0.15, 0.2) is 85.0 Å². The number of ketones is 2. The third-order valence-corrected chi connectivity index (χ3v) is 26.6. The molecule has 0 radical (unpaired) electrons. The van der Waals surface area contributed by atoms with Crippen molar-refractivity contribution in [1.82, 2.24) is 29.2 Å². The van der Waals surface area contributed by atoms with Crippen LogP contribution in [-0.4, -0.2) is 157 Å². The summed E-state index contributed by atoms with van der Waals surface area (Å²) in [4.78, 5) is 126. The first-order valence-electron chi connectivity index (χ1n) is 38.8. The molecule has 2 saturated heterocycles. The summed E-state index contributed by atoms with van der Waals surface area (Å²) in [5, 5.41) is 1.98. The molecule has 108 heavy (non-hydrogen) atoms. The number of sulfonamides is 2. The molecule has 588 valence electrons. The molecule has 4 aliphatic heterocycles. The Labute approximate surface area is 635 Å². The van der Waals surface area contributed by atoms with Crippen LogP contribution in [0.2, 0.25) is 0 Å². The van der Waals surface area contributed by atoms with Crippen molar-refractivity contribution in [2.75, 3.05) is 27.3 Å². The van der Waals surface area contributed by atoms with Gasteiger partial charge in [-0.2, -0.15) is 9.97 Å². The van der Waals surface area contributed by atoms with Gasteiger partial charge in [0, 0.05) is 48.6 Å². The molecule has 8 aliphatic rings. The van der Waals surface area contributed by atoms with Crippen molar-refractivity contribution in [1.29, 1.82) is 0 Å². The van der Waals surface area contributed by atoms with Gasteiger partial charge >= 0.3 is 11.9 Å². The van der Waals surface area contributed by atoms with E-state index in [4.69, 9.17) is 28.4 Å². The van der Waals surface area contributed by atoms with E-state index in [9.17, 15) is 55.2 Å². The number of nitrogens with one attached hydrogen (secondary N) is 2. The Morgan fingerprint density at radius 3 is 1.26 bits per heavy atom. The normalized spacial score (nSPS) is 30.0. The SMILES string of the molecule is CC[C@@H]1C[C@@H](C)CC/C=C\[C@@H]2C[C@@]2(C(=O)NS(=O)(=O)C2CC2)CC(=O)[C@@H]2C[C@@H](Oc3nc(OC)cc4ccccc34)CN2C(=O)[C@H]1CC(=O)OC(C)(C)C.CC[C@@H]1C[C@H](C)CC/C=C\[C@@H]2C[C@@]2(C(=O)NS(=O)(=O)C2CC2)CC(=O)[C@@H]2C[C@@H](Oc3nc(OC)cc4ccccc34)CN2C(=O)[C@H]1CC(=O)OC(C)(C)C. The lowest BCUT2D eigenvalue weighted by Gasteiger charge is -2.33. The summed E-state index contributed by atoms with van der Waals surface area (Å²) in [6, 6.07) is 16.8. The minimum absolute atomic E-state index is 0.0534. The maximum atomic E-state index is 15.0. The number of methoxy groups -OCH3 is 2. The van der Waals surface area contributed by atoms with E-state index in [0.29, 0.717) is 87.7 Å². The van der Waals surface area contributed by atoms with Crippen LogP contribution < -0.4 is 28.4 Å². The van der Waals surface area contributed by atoms with Crippen molar-refractivity contribution < 1.29 is 83.6 Å². The van der Waals surface area contributed by atoms with Crippen molar-refractivity contribution in [2.24, 2.45) is 58.2 Å². The Morgan fingerprint density at radius 1 is 0.546 bits per heavy atom. The van der Waals surface area contributed by atoms with Crippen LogP contribution in [0.4, 0.5) is 0 Å². The molecule has 2 N–H and O–H groups in total. The largest absolute Gasteiger partial charge is 0.481 e. The smallest absolute Gasteiger partial charge is 0.307 e. The molecule has 0 bridgehead atoms. The summed E-state index contributed by atoms with van der Waals surface area (Å²) >= 11 is 0. The fourth-order valence-electron chi connectivity index (χ4n) is 16.6. The molecule has 12 rings (SSSR count). The maximum absolute atomic E-state index is 15.0. The summed E-state index contributed by atoms with van der Waals surface area (Å²) in [5.74, 6) is -4.38. The van der Waals surface area contributed by atoms with Gasteiger partial charge in [0.2, 0.25) is 67.2 Å². The van der Waals surface area contributed by atoms with Crippen LogP contribution in [-0.2, 0) is 67.9 Å². The fourth-order valence-corrected chi connectivity index (χ4v) is 19.4. The summed E-state index contributed by atoms with van der Waals surface area (Å²) in [5.41, 5.74) is -3.99. The molecule has 2 aromatic heterocycles. The molecule has 26 heteroatoms. The van der Waals surface area contributed by atoms with Crippen molar-refractivity contribution in [3.05, 3.63) is 85.0 Å². The molecule has 6 heterocycles. The molecule has 4 saturated carbocycles. The highest BCUT2D eigenvalue weighted by Gasteiger charge is 2.63. The third-order valence-electron chi connectivity index (χ3n) is 23.0. The molecule has 0 unspecified atom stereocenters. The predicted molar refractivity (Wildman–Crippen MR) is 406 cm³/mol. The number of allylic oxidation sites excluding steroid dienone is 4. The number of esters is 2. The van der Waals surface area contributed by atoms with Crippen LogP contribution in [0.25, 0.3) is 21.5 Å². The number of rotatable bonds is 18. The molecule has 2 aromatic carbocycles. The number of carbonyl (C=O) groups is 8. The highest BCUT2D eigenvalue weighted by molar-refractivity contribution is 7.91. The minimum atomic E-state index is -3.85. The second-order valence-electron chi connectivity index (χ2n) is 33.7. The highest BCUT2D eigenvalue weighted by atomic mass is 32.2. The zero-order valence-electron chi connectivity index (χ0n) is 64.7. The second kappa shape index (κ2) is 32.9. The number of benzene rings is 2. The Hall–Kier alpha value is -8.00. The van der Waals surface area contributed by atoms with Crippen molar-refractivity contribution in [3.8, 4) is 23.5 Å². The Morgan fingerprint density at radius 2 is 0.917 bits per heavy atom. The number of fused-ring (bicyclic) bond motifs is 6. The van der Waals surface area contributed by atoms with Crippen molar-refractivity contribution in [3.63, 3.8) is 0 Å². The van der Waals surface area contributed by atoms with Gasteiger partial charge < -0.3 is 38.2 Å². The van der Waals surface area contributed by atoms with Gasteiger partial charge in [0.1, 0.15) is 23.4 Å². The molecule has 4 aromatic rings. The average Bonchev–Trinajstić information content (AvgIpc) is 1.58. The van der Waals surface area contributed by atoms with E-state index in [2.05, 4.69) is 33.3 Å². The molecular formula is C82H110N6O18S2. The van der Waals surface area contributed by atoms with Crippen LogP contribution in [0, 0.1) is 58.2 Å². The summed E-state index contributed by atoms with van der Waals surface area (Å²) in [6.45, 7) is 19.1. The first kappa shape index (κ1) is 81.0. The standard InChI is InChI=1S/2C41H55N3O9S/c2*1-7-26-18-25(2)12-8-10-14-28-22-41(28,39(48)43-54(49,50)30-16-17-30)23-34(45)33-20-29(24-44(33)38(47)32(26)21-36(46)53-40(3,4)5)52-37-31-15-11-9-13-27(31)19-35(42-37)51-6/h2*9-11,13-15,19,25-26,28-30,32-33H,7-8,12,16-18,20-24H2,1-6H3,(H,43,48)/b2*14-10-/t25-,26+,28+,29+,32-,33-,41+;25-,26-,28-,29-,32+,33+,41-/m01/s1. The number of hydrogen-bond acceptors (Lipinski definition) is 20. The zero-order valence-corrected chi connectivity index (χ0v) is 66.3. The molecule has 0 spiro atoms. The Kier molecular flexibility index (Phi) is 24.7. The van der Waals surface area contributed by atoms with E-state index < -0.39 is 112 Å². The number of amides is 4. The molecule has 4 amide bonds. The fraction of sp³-hybridized carbons (Fsp3) is 0.634. The van der Waals surface area contributed by atoms with Gasteiger partial charge in [-0.05, 0) is 177 Å². The molecular weight excluding hydrogens is 1420 g/mol. The van der Waals surface area contributed by atoms with E-state index in [-0.39, 0.29) is 111 Å². The lowest BCUT2D eigenvalue weighted by molar-refractivity contribution is -0.160. The number of ether oxygens (including phenoxy) is 6. The number of aromatic nitrogens is 2. The number of nitrogens with zero attached hydrogens (tertiary/aromatic N) is 4. The number of carbonyl (C=O) groups excluding carboxylic acids is 8. The monoisotopic (exact) mass is 1530 g/mol. The molecule has 24 nitrogen and oxygen atoms in total. The van der Waals surface area contributed by atoms with Crippen molar-refractivity contribution >= 4 is 88.7 Å². The van der Waals surface area contributed by atoms with Crippen LogP contribution in [0.5, 0.6) is 23.5 Å². The quantitative estimate of drug-likeness (QED) is 0.0690. The first-order valence-corrected chi connectivity index (χ1v) is 41.9. The summed E-state index contributed by atoms with van der Waals surface area (Å²) < 4.78 is 91.7. The first-order chi connectivity index (χ1) is 51.1. The van der Waals surface area contributed by atoms with E-state index in [1.165, 1.54) is 24.0 Å². The van der Waals surface area contributed by atoms with E-state index in [1.54, 1.807) is 53.7 Å². The number of Topliss-reactive ketones (excluding diaryl/α,β-unsaturated/α-hetero) is 2. The minimum Gasteiger partial charge on any atom is -0.481 e. The van der Waals surface area contributed by atoms with Gasteiger partial charge in [-0.25, -0.2) is 16.8 Å². The Balaban J connectivity index is 0.000000215. The van der Waals surface area contributed by atoms with Gasteiger partial charge in [0.25, 0.3) is 0 Å². The molecule has 4 aliphatic carbocycles. The van der Waals surface area contributed by atoms with E-state index >= 15 is 0 Å².